The Bertz CT molecular complexity index is 1140. The number of nitrogens with zero attached hydrogens (tertiary/aromatic N) is 2. The van der Waals surface area contributed by atoms with Gasteiger partial charge in [0.25, 0.3) is 11.6 Å². The van der Waals surface area contributed by atoms with E-state index in [0.29, 0.717) is 40.4 Å². The largest absolute Gasteiger partial charge is 0.360 e. The van der Waals surface area contributed by atoms with E-state index in [1.807, 2.05) is 4.90 Å². The van der Waals surface area contributed by atoms with E-state index in [-0.39, 0.29) is 23.7 Å². The second kappa shape index (κ2) is 7.44. The summed E-state index contributed by atoms with van der Waals surface area (Å²) in [5, 5.41) is 17.4. The summed E-state index contributed by atoms with van der Waals surface area (Å²) >= 11 is 6.36. The Kier molecular flexibility index (Phi) is 4.81. The van der Waals surface area contributed by atoms with Crippen LogP contribution in [0.4, 0.5) is 17.1 Å². The lowest BCUT2D eigenvalue weighted by Gasteiger charge is -2.29. The van der Waals surface area contributed by atoms with Crippen LogP contribution < -0.4 is 15.5 Å². The second-order valence-electron chi connectivity index (χ2n) is 6.58. The Labute approximate surface area is 169 Å². The third-order valence-electron chi connectivity index (χ3n) is 4.71. The molecule has 1 fully saturated rings. The second-order valence-corrected chi connectivity index (χ2v) is 6.99. The molecule has 0 unspecified atom stereocenters. The van der Waals surface area contributed by atoms with Crippen LogP contribution in [0.5, 0.6) is 0 Å². The minimum Gasteiger partial charge on any atom is -0.360 e. The minimum atomic E-state index is -0.506. The third kappa shape index (κ3) is 3.72. The number of rotatable bonds is 4. The number of benzene rings is 2. The molecular weight excluding hydrogens is 398 g/mol. The fraction of sp³-hybridized carbons (Fsp3) is 0.158. The average Bonchev–Trinajstić information content (AvgIpc) is 3.11. The number of aromatic amines is 1. The van der Waals surface area contributed by atoms with Gasteiger partial charge in [-0.05, 0) is 24.3 Å². The first-order chi connectivity index (χ1) is 13.9. The zero-order valence-corrected chi connectivity index (χ0v) is 15.8. The predicted octanol–water partition coefficient (Wildman–Crippen LogP) is 2.92. The van der Waals surface area contributed by atoms with Crippen molar-refractivity contribution in [1.82, 2.24) is 10.3 Å². The number of H-pyrrole nitrogens is 1. The maximum absolute atomic E-state index is 12.7. The van der Waals surface area contributed by atoms with Crippen LogP contribution in [0.25, 0.3) is 10.9 Å². The Hall–Kier alpha value is -3.59. The van der Waals surface area contributed by atoms with Crippen molar-refractivity contribution < 1.29 is 14.5 Å². The first kappa shape index (κ1) is 18.8. The Morgan fingerprint density at radius 3 is 2.79 bits per heavy atom. The summed E-state index contributed by atoms with van der Waals surface area (Å²) in [6.07, 6.45) is 1.51. The molecule has 1 aliphatic rings. The zero-order valence-electron chi connectivity index (χ0n) is 15.1. The summed E-state index contributed by atoms with van der Waals surface area (Å²) in [5.41, 5.74) is 2.01. The molecule has 0 radical (unpaired) electrons. The first-order valence-electron chi connectivity index (χ1n) is 8.80. The van der Waals surface area contributed by atoms with Crippen LogP contribution >= 0.6 is 11.6 Å². The molecule has 2 amide bonds. The maximum Gasteiger partial charge on any atom is 0.270 e. The SMILES string of the molecule is O=C1CN(c2ccc(NC(=O)c3c[nH]c4ccc([N+](=O)[O-])cc34)cc2Cl)CCN1. The van der Waals surface area contributed by atoms with Crippen molar-refractivity contribution in [2.24, 2.45) is 0 Å². The van der Waals surface area contributed by atoms with E-state index in [2.05, 4.69) is 15.6 Å². The number of carbonyl (C=O) groups excluding carboxylic acids is 2. The number of nitro benzene ring substituents is 1. The number of aromatic nitrogens is 1. The molecule has 1 aromatic heterocycles. The molecule has 0 bridgehead atoms. The Morgan fingerprint density at radius 1 is 1.24 bits per heavy atom. The number of hydrogen-bond acceptors (Lipinski definition) is 5. The van der Waals surface area contributed by atoms with Gasteiger partial charge in [-0.1, -0.05) is 11.6 Å². The monoisotopic (exact) mass is 413 g/mol. The Morgan fingerprint density at radius 2 is 2.07 bits per heavy atom. The van der Waals surface area contributed by atoms with E-state index in [0.717, 1.165) is 0 Å². The number of carbonyl (C=O) groups is 2. The number of amides is 2. The first-order valence-corrected chi connectivity index (χ1v) is 9.18. The molecule has 1 saturated heterocycles. The number of non-ortho nitro benzene ring substituents is 1. The molecular formula is C19H16ClN5O4. The number of anilines is 2. The molecule has 29 heavy (non-hydrogen) atoms. The summed E-state index contributed by atoms with van der Waals surface area (Å²) in [7, 11) is 0. The van der Waals surface area contributed by atoms with Gasteiger partial charge in [-0.15, -0.1) is 0 Å². The highest BCUT2D eigenvalue weighted by Gasteiger charge is 2.20. The molecule has 0 saturated carbocycles. The zero-order chi connectivity index (χ0) is 20.5. The number of piperazine rings is 1. The molecule has 2 aromatic carbocycles. The molecule has 3 N–H and O–H groups in total. The highest BCUT2D eigenvalue weighted by molar-refractivity contribution is 6.33. The van der Waals surface area contributed by atoms with Crippen LogP contribution in [-0.4, -0.2) is 41.4 Å². The molecule has 0 spiro atoms. The summed E-state index contributed by atoms with van der Waals surface area (Å²) in [4.78, 5) is 39.6. The van der Waals surface area contributed by atoms with Crippen molar-refractivity contribution in [3.8, 4) is 0 Å². The Balaban J connectivity index is 1.56. The van der Waals surface area contributed by atoms with E-state index in [1.165, 1.54) is 18.3 Å². The fourth-order valence-corrected chi connectivity index (χ4v) is 3.59. The molecule has 1 aliphatic heterocycles. The number of nitro groups is 1. The minimum absolute atomic E-state index is 0.0712. The van der Waals surface area contributed by atoms with E-state index >= 15 is 0 Å². The van der Waals surface area contributed by atoms with Crippen molar-refractivity contribution in [3.63, 3.8) is 0 Å². The van der Waals surface area contributed by atoms with Crippen molar-refractivity contribution in [2.75, 3.05) is 29.9 Å². The molecule has 2 heterocycles. The molecule has 148 valence electrons. The van der Waals surface area contributed by atoms with E-state index in [1.54, 1.807) is 24.3 Å². The molecule has 3 aromatic rings. The van der Waals surface area contributed by atoms with E-state index < -0.39 is 10.8 Å². The quantitative estimate of drug-likeness (QED) is 0.448. The number of fused-ring (bicyclic) bond motifs is 1. The van der Waals surface area contributed by atoms with Crippen molar-refractivity contribution in [1.29, 1.82) is 0 Å². The fourth-order valence-electron chi connectivity index (χ4n) is 3.29. The maximum atomic E-state index is 12.7. The van der Waals surface area contributed by atoms with Gasteiger partial charge in [0.15, 0.2) is 0 Å². The molecule has 4 rings (SSSR count). The lowest BCUT2D eigenvalue weighted by molar-refractivity contribution is -0.384. The van der Waals surface area contributed by atoms with Gasteiger partial charge in [0.05, 0.1) is 27.7 Å². The molecule has 0 aliphatic carbocycles. The topological polar surface area (TPSA) is 120 Å². The number of hydrogen-bond donors (Lipinski definition) is 3. The third-order valence-corrected chi connectivity index (χ3v) is 5.01. The van der Waals surface area contributed by atoms with Gasteiger partial charge >= 0.3 is 0 Å². The van der Waals surface area contributed by atoms with Crippen molar-refractivity contribution in [3.05, 3.63) is 63.3 Å². The summed E-state index contributed by atoms with van der Waals surface area (Å²) < 4.78 is 0. The highest BCUT2D eigenvalue weighted by Crippen LogP contribution is 2.30. The van der Waals surface area contributed by atoms with Gasteiger partial charge in [-0.2, -0.15) is 0 Å². The number of nitrogens with one attached hydrogen (secondary N) is 3. The molecule has 9 nitrogen and oxygen atoms in total. The predicted molar refractivity (Wildman–Crippen MR) is 110 cm³/mol. The van der Waals surface area contributed by atoms with Crippen LogP contribution in [0.3, 0.4) is 0 Å². The lowest BCUT2D eigenvalue weighted by atomic mass is 10.1. The van der Waals surface area contributed by atoms with E-state index in [4.69, 9.17) is 11.6 Å². The summed E-state index contributed by atoms with van der Waals surface area (Å²) in [6.45, 7) is 1.41. The van der Waals surface area contributed by atoms with Crippen LogP contribution in [0.1, 0.15) is 10.4 Å². The van der Waals surface area contributed by atoms with Gasteiger partial charge < -0.3 is 20.5 Å². The highest BCUT2D eigenvalue weighted by atomic mass is 35.5. The normalized spacial score (nSPS) is 14.0. The van der Waals surface area contributed by atoms with Gasteiger partial charge in [0.2, 0.25) is 5.91 Å². The molecule has 0 atom stereocenters. The van der Waals surface area contributed by atoms with Gasteiger partial charge in [-0.3, -0.25) is 19.7 Å². The lowest BCUT2D eigenvalue weighted by Crippen LogP contribution is -2.47. The van der Waals surface area contributed by atoms with Gasteiger partial charge in [0.1, 0.15) is 0 Å². The van der Waals surface area contributed by atoms with Gasteiger partial charge in [0, 0.05) is 48.0 Å². The van der Waals surface area contributed by atoms with Crippen LogP contribution in [0.15, 0.2) is 42.6 Å². The number of halogens is 1. The molecule has 10 heteroatoms. The van der Waals surface area contributed by atoms with Crippen molar-refractivity contribution in [2.45, 2.75) is 0 Å². The van der Waals surface area contributed by atoms with Crippen LogP contribution in [0, 0.1) is 10.1 Å². The van der Waals surface area contributed by atoms with Gasteiger partial charge in [-0.25, -0.2) is 0 Å². The van der Waals surface area contributed by atoms with Crippen molar-refractivity contribution >= 4 is 51.4 Å². The van der Waals surface area contributed by atoms with Crippen LogP contribution in [0.2, 0.25) is 5.02 Å². The van der Waals surface area contributed by atoms with Crippen LogP contribution in [-0.2, 0) is 4.79 Å². The summed E-state index contributed by atoms with van der Waals surface area (Å²) in [5.74, 6) is -0.490. The summed E-state index contributed by atoms with van der Waals surface area (Å²) in [6, 6.07) is 9.35. The average molecular weight is 414 g/mol. The smallest absolute Gasteiger partial charge is 0.270 e. The standard InChI is InChI=1S/C19H16ClN5O4/c20-15-7-11(1-4-17(15)24-6-5-21-18(26)10-24)23-19(27)14-9-22-16-3-2-12(25(28)29)8-13(14)16/h1-4,7-9,22H,5-6,10H2,(H,21,26)(H,23,27). The van der Waals surface area contributed by atoms with E-state index in [9.17, 15) is 19.7 Å².